The highest BCUT2D eigenvalue weighted by molar-refractivity contribution is 5.70. The molecular formula is C55H78N2O21. The van der Waals surface area contributed by atoms with Gasteiger partial charge >= 0.3 is 11.9 Å². The molecule has 15 heterocycles. The second-order valence-corrected chi connectivity index (χ2v) is 25.4. The van der Waals surface area contributed by atoms with Gasteiger partial charge in [-0.25, -0.2) is 0 Å². The average molecular weight is 1100 g/mol. The van der Waals surface area contributed by atoms with Crippen LogP contribution in [0.4, 0.5) is 0 Å². The summed E-state index contributed by atoms with van der Waals surface area (Å²) >= 11 is 0. The zero-order valence-corrected chi connectivity index (χ0v) is 43.9. The molecule has 23 heteroatoms. The lowest BCUT2D eigenvalue weighted by atomic mass is 9.83. The van der Waals surface area contributed by atoms with E-state index in [-0.39, 0.29) is 74.8 Å². The summed E-state index contributed by atoms with van der Waals surface area (Å²) in [5, 5.41) is 55.2. The summed E-state index contributed by atoms with van der Waals surface area (Å²) in [6.07, 6.45) is -8.40. The number of aliphatic carboxylic acids is 1. The lowest BCUT2D eigenvalue weighted by molar-refractivity contribution is -0.363. The fraction of sp³-hybridized carbons (Fsp3) is 0.891. The number of hydrogen-bond donors (Lipinski definition) is 7. The third kappa shape index (κ3) is 9.38. The smallest absolute Gasteiger partial charge is 0.308 e. The average Bonchev–Trinajstić information content (AvgIpc) is 2.95. The van der Waals surface area contributed by atoms with E-state index in [0.29, 0.717) is 89.9 Å². The summed E-state index contributed by atoms with van der Waals surface area (Å²) in [5.41, 5.74) is 15.2. The summed E-state index contributed by atoms with van der Waals surface area (Å²) in [6, 6.07) is -0.891. The predicted molar refractivity (Wildman–Crippen MR) is 262 cm³/mol. The van der Waals surface area contributed by atoms with Crippen LogP contribution in [0.25, 0.3) is 0 Å². The molecule has 30 atom stereocenters. The van der Waals surface area contributed by atoms with Crippen molar-refractivity contribution in [3.8, 4) is 0 Å². The maximum absolute atomic E-state index is 14.3. The minimum Gasteiger partial charge on any atom is -0.481 e. The quantitative estimate of drug-likeness (QED) is 0.149. The highest BCUT2D eigenvalue weighted by atomic mass is 16.8. The molecular weight excluding hydrogens is 1020 g/mol. The Hall–Kier alpha value is -2.34. The number of aliphatic hydroxyl groups is 4. The van der Waals surface area contributed by atoms with Gasteiger partial charge in [-0.15, -0.1) is 0 Å². The van der Waals surface area contributed by atoms with E-state index in [0.717, 1.165) is 11.1 Å². The summed E-state index contributed by atoms with van der Waals surface area (Å²) < 4.78 is 92.6. The number of carbonyl (C=O) groups is 2. The van der Waals surface area contributed by atoms with E-state index in [1.54, 1.807) is 0 Å². The number of ether oxygens (including phenoxy) is 14. The van der Waals surface area contributed by atoms with Gasteiger partial charge in [0.05, 0.1) is 123 Å². The van der Waals surface area contributed by atoms with Crippen LogP contribution >= 0.6 is 0 Å². The summed E-state index contributed by atoms with van der Waals surface area (Å²) in [7, 11) is 0. The first-order valence-electron chi connectivity index (χ1n) is 29.1. The molecule has 9 N–H and O–H groups in total. The number of nitrogens with two attached hydrogens (primary N) is 2. The second kappa shape index (κ2) is 20.2. The first-order valence-corrected chi connectivity index (χ1v) is 29.1. The number of hydrogen-bond acceptors (Lipinski definition) is 22. The Kier molecular flexibility index (Phi) is 13.9. The van der Waals surface area contributed by atoms with Crippen LogP contribution in [0.3, 0.4) is 0 Å². The largest absolute Gasteiger partial charge is 0.481 e. The van der Waals surface area contributed by atoms with Gasteiger partial charge in [-0.2, -0.15) is 0 Å². The van der Waals surface area contributed by atoms with E-state index < -0.39 is 151 Å². The standard InChI is InChI=1S/C55H78N2O21/c1-22-11-26-7-10-54-52(63)55(64)51(78-54)50-49(77-55)48(76-54)47-33(72-50)6-4-25(68-47)15-45(62)71-42-19-41-40(70-39(42)17-34-23(2)28(56)12-24(66-34)3-5-32(22)65-26)18-38-37(69-41)14-27(67-38)13-36-30(58)8-9-53(74-36)21-29(57)46-43(75-53)16-31(59)35(73-46)20-44(60)61/h24-43,46-52,58-59,63-64H,1-21,56-57H2,(H,60,61)/t24-,25+,26-,27-,28+,29-,30-,31+,32-,33-,34+,35+,36-,37?,38+,39-,40-,41?,42+,43-,46-,47-,48-,49-,50+,51?,52-,53+,54+,55?/m0/s1. The van der Waals surface area contributed by atoms with Gasteiger partial charge in [0.25, 0.3) is 0 Å². The summed E-state index contributed by atoms with van der Waals surface area (Å²) in [4.78, 5) is 25.8. The molecule has 0 aromatic heterocycles. The van der Waals surface area contributed by atoms with Gasteiger partial charge < -0.3 is 103 Å². The molecule has 15 aliphatic rings. The molecule has 15 aliphatic heterocycles. The Labute approximate surface area is 452 Å². The third-order valence-electron chi connectivity index (χ3n) is 20.2. The van der Waals surface area contributed by atoms with Gasteiger partial charge in [-0.05, 0) is 62.5 Å². The number of carboxylic acid groups (broad SMARTS) is 1. The number of rotatable bonds is 4. The molecule has 15 saturated heterocycles. The molecule has 12 bridgehead atoms. The minimum atomic E-state index is -2.05. The van der Waals surface area contributed by atoms with Crippen LogP contribution in [0, 0.1) is 0 Å². The monoisotopic (exact) mass is 1100 g/mol. The second-order valence-electron chi connectivity index (χ2n) is 25.4. The van der Waals surface area contributed by atoms with Crippen molar-refractivity contribution in [2.75, 3.05) is 0 Å². The van der Waals surface area contributed by atoms with Gasteiger partial charge in [0.2, 0.25) is 11.6 Å². The summed E-state index contributed by atoms with van der Waals surface area (Å²) in [5.74, 6) is -6.34. The van der Waals surface area contributed by atoms with Crippen molar-refractivity contribution >= 4 is 11.9 Å². The SMILES string of the molecule is C=C1C[C@@H]2CC[C@]34OC5[C@@H]6O[C@H]7CC[C@H](CC(=O)O[C@@H]8CC9OC%10C[C@H](C[C@@H]%11O[C@@]%12(CC[C@@H]%11O)C[C@H](N)[C@@H]%11O[C@H](CC(=O)O)[C@H](O)C[C@@H]%11O%12)O[C@@H]%10C[C@@H]9O[C@H]8C[C@H]8O[C@@H](CC[C@@H]1O2)C[C@@H](N)C8=C)O[C@@H]7[C@H](O3)[C@@H]6OC5(O)[C@H]4O. The maximum Gasteiger partial charge on any atom is 0.308 e. The number of carbonyl (C=O) groups excluding carboxylic acids is 1. The zero-order chi connectivity index (χ0) is 53.7. The Morgan fingerprint density at radius 2 is 1.32 bits per heavy atom. The molecule has 0 aromatic rings. The van der Waals surface area contributed by atoms with Gasteiger partial charge in [0.15, 0.2) is 11.9 Å². The Bertz CT molecular complexity index is 2340. The molecule has 0 radical (unpaired) electrons. The van der Waals surface area contributed by atoms with Crippen molar-refractivity contribution in [1.82, 2.24) is 0 Å². The Morgan fingerprint density at radius 1 is 0.590 bits per heavy atom. The number of esters is 1. The topological polar surface area (TPSA) is 317 Å². The van der Waals surface area contributed by atoms with Gasteiger partial charge in [0.1, 0.15) is 36.6 Å². The lowest BCUT2D eigenvalue weighted by Crippen LogP contribution is -2.66. The van der Waals surface area contributed by atoms with Crippen molar-refractivity contribution in [3.63, 3.8) is 0 Å². The first kappa shape index (κ1) is 53.7. The maximum atomic E-state index is 14.3. The Morgan fingerprint density at radius 3 is 2.14 bits per heavy atom. The summed E-state index contributed by atoms with van der Waals surface area (Å²) in [6.45, 7) is 8.79. The van der Waals surface area contributed by atoms with E-state index in [9.17, 15) is 35.1 Å². The molecule has 434 valence electrons. The van der Waals surface area contributed by atoms with Crippen LogP contribution in [-0.4, -0.2) is 220 Å². The molecule has 15 rings (SSSR count). The number of aliphatic hydroxyl groups excluding tert-OH is 3. The zero-order valence-electron chi connectivity index (χ0n) is 43.9. The van der Waals surface area contributed by atoms with Crippen LogP contribution in [0.5, 0.6) is 0 Å². The molecule has 0 saturated carbocycles. The van der Waals surface area contributed by atoms with Crippen molar-refractivity contribution < 1.29 is 101 Å². The molecule has 15 fully saturated rings. The van der Waals surface area contributed by atoms with Gasteiger partial charge in [-0.3, -0.25) is 9.59 Å². The Balaban J connectivity index is 0.673. The highest BCUT2D eigenvalue weighted by Gasteiger charge is 2.79. The van der Waals surface area contributed by atoms with E-state index in [1.807, 2.05) is 0 Å². The highest BCUT2D eigenvalue weighted by Crippen LogP contribution is 2.58. The van der Waals surface area contributed by atoms with Crippen LogP contribution in [-0.2, 0) is 75.9 Å². The fourth-order valence-corrected chi connectivity index (χ4v) is 16.3. The van der Waals surface area contributed by atoms with E-state index in [4.69, 9.17) is 77.8 Å². The normalized spacial score (nSPS) is 56.5. The van der Waals surface area contributed by atoms with Crippen molar-refractivity contribution in [2.24, 2.45) is 11.5 Å². The third-order valence-corrected chi connectivity index (χ3v) is 20.2. The van der Waals surface area contributed by atoms with Crippen molar-refractivity contribution in [1.29, 1.82) is 0 Å². The van der Waals surface area contributed by atoms with Crippen molar-refractivity contribution in [3.05, 3.63) is 24.3 Å². The van der Waals surface area contributed by atoms with Crippen molar-refractivity contribution in [2.45, 2.75) is 304 Å². The predicted octanol–water partition coefficient (Wildman–Crippen LogP) is 0.472. The first-order chi connectivity index (χ1) is 37.4. The van der Waals surface area contributed by atoms with E-state index in [2.05, 4.69) is 13.2 Å². The molecule has 0 aromatic carbocycles. The number of carboxylic acids is 1. The molecule has 0 amide bonds. The molecule has 0 aliphatic carbocycles. The molecule has 23 nitrogen and oxygen atoms in total. The van der Waals surface area contributed by atoms with E-state index >= 15 is 0 Å². The molecule has 78 heavy (non-hydrogen) atoms. The van der Waals surface area contributed by atoms with Crippen LogP contribution in [0.2, 0.25) is 0 Å². The van der Waals surface area contributed by atoms with E-state index in [1.165, 1.54) is 0 Å². The fourth-order valence-electron chi connectivity index (χ4n) is 16.3. The lowest BCUT2D eigenvalue weighted by Gasteiger charge is -2.54. The van der Waals surface area contributed by atoms with Crippen LogP contribution < -0.4 is 11.5 Å². The van der Waals surface area contributed by atoms with Crippen LogP contribution in [0.15, 0.2) is 24.3 Å². The van der Waals surface area contributed by atoms with Crippen LogP contribution in [0.1, 0.15) is 122 Å². The minimum absolute atomic E-state index is 0.0681. The molecule has 2 spiro atoms. The number of fused-ring (bicyclic) bond motifs is 9. The van der Waals surface area contributed by atoms with Gasteiger partial charge in [0, 0.05) is 69.9 Å². The molecule has 4 unspecified atom stereocenters. The van der Waals surface area contributed by atoms with Gasteiger partial charge in [-0.1, -0.05) is 13.2 Å².